The van der Waals surface area contributed by atoms with E-state index < -0.39 is 0 Å². The fraction of sp³-hybridized carbons (Fsp3) is 0.176. The highest BCUT2D eigenvalue weighted by atomic mass is 32.1. The van der Waals surface area contributed by atoms with Crippen molar-refractivity contribution in [2.24, 2.45) is 0 Å². The molecule has 0 saturated heterocycles. The summed E-state index contributed by atoms with van der Waals surface area (Å²) in [6, 6.07) is 5.84. The summed E-state index contributed by atoms with van der Waals surface area (Å²) in [5, 5.41) is 6.33. The summed E-state index contributed by atoms with van der Waals surface area (Å²) in [5.74, 6) is 1.89. The highest BCUT2D eigenvalue weighted by molar-refractivity contribution is 7.13. The molecular formula is C17H17N7S. The van der Waals surface area contributed by atoms with Crippen LogP contribution in [-0.4, -0.2) is 29.3 Å². The minimum Gasteiger partial charge on any atom is -0.383 e. The second-order valence-electron chi connectivity index (χ2n) is 5.57. The van der Waals surface area contributed by atoms with Crippen molar-refractivity contribution < 1.29 is 0 Å². The predicted molar refractivity (Wildman–Crippen MR) is 97.4 cm³/mol. The number of rotatable bonds is 6. The Morgan fingerprint density at radius 2 is 2.08 bits per heavy atom. The van der Waals surface area contributed by atoms with E-state index in [0.717, 1.165) is 35.6 Å². The molecule has 4 rings (SSSR count). The van der Waals surface area contributed by atoms with E-state index in [1.807, 2.05) is 46.9 Å². The molecule has 0 spiro atoms. The summed E-state index contributed by atoms with van der Waals surface area (Å²) in [6.07, 6.45) is 10.8. The lowest BCUT2D eigenvalue weighted by molar-refractivity contribution is 0.637. The monoisotopic (exact) mass is 351 g/mol. The first-order valence-corrected chi connectivity index (χ1v) is 8.85. The van der Waals surface area contributed by atoms with E-state index >= 15 is 0 Å². The Morgan fingerprint density at radius 3 is 2.80 bits per heavy atom. The van der Waals surface area contributed by atoms with Crippen LogP contribution < -0.4 is 5.73 Å². The highest BCUT2D eigenvalue weighted by Gasteiger charge is 2.16. The van der Waals surface area contributed by atoms with Crippen molar-refractivity contribution in [1.29, 1.82) is 0 Å². The Balaban J connectivity index is 1.67. The van der Waals surface area contributed by atoms with Crippen molar-refractivity contribution in [3.8, 4) is 16.5 Å². The van der Waals surface area contributed by atoms with Crippen LogP contribution >= 0.6 is 11.3 Å². The summed E-state index contributed by atoms with van der Waals surface area (Å²) in [6.45, 7) is 0.866. The third-order valence-corrected chi connectivity index (χ3v) is 4.75. The average molecular weight is 351 g/mol. The molecule has 0 saturated carbocycles. The zero-order chi connectivity index (χ0) is 17.1. The van der Waals surface area contributed by atoms with E-state index in [0.29, 0.717) is 11.6 Å². The molecule has 0 atom stereocenters. The van der Waals surface area contributed by atoms with Gasteiger partial charge in [0.05, 0.1) is 11.2 Å². The molecule has 0 aromatic carbocycles. The van der Waals surface area contributed by atoms with Gasteiger partial charge in [-0.3, -0.25) is 0 Å². The molecular weight excluding hydrogens is 334 g/mol. The molecule has 0 aliphatic carbocycles. The third kappa shape index (κ3) is 3.29. The van der Waals surface area contributed by atoms with E-state index in [2.05, 4.69) is 15.1 Å². The van der Waals surface area contributed by atoms with Crippen molar-refractivity contribution in [2.45, 2.75) is 19.4 Å². The van der Waals surface area contributed by atoms with E-state index in [-0.39, 0.29) is 0 Å². The van der Waals surface area contributed by atoms with Crippen LogP contribution in [0.15, 0.2) is 54.7 Å². The molecule has 126 valence electrons. The molecule has 8 heteroatoms. The zero-order valence-electron chi connectivity index (χ0n) is 13.5. The van der Waals surface area contributed by atoms with Gasteiger partial charge in [-0.05, 0) is 30.4 Å². The van der Waals surface area contributed by atoms with Gasteiger partial charge in [0.1, 0.15) is 5.82 Å². The van der Waals surface area contributed by atoms with Crippen LogP contribution in [0.4, 0.5) is 5.82 Å². The minimum absolute atomic E-state index is 0.509. The molecule has 0 unspecified atom stereocenters. The van der Waals surface area contributed by atoms with Crippen molar-refractivity contribution >= 4 is 17.2 Å². The van der Waals surface area contributed by atoms with Gasteiger partial charge < -0.3 is 10.3 Å². The van der Waals surface area contributed by atoms with Gasteiger partial charge in [-0.25, -0.2) is 19.6 Å². The maximum Gasteiger partial charge on any atom is 0.173 e. The fourth-order valence-corrected chi connectivity index (χ4v) is 3.34. The lowest BCUT2D eigenvalue weighted by atomic mass is 10.1. The molecule has 0 radical (unpaired) electrons. The Labute approximate surface area is 148 Å². The standard InChI is InChI=1S/C17H17N7S/c18-15-13(4-1-8-23-10-7-19-12-23)17(24-9-3-6-20-24)22-16(21-15)14-5-2-11-25-14/h2-3,5-7,9-12H,1,4,8H2,(H2,18,21,22). The predicted octanol–water partition coefficient (Wildman–Crippen LogP) is 2.80. The van der Waals surface area contributed by atoms with Crippen LogP contribution in [0.25, 0.3) is 16.5 Å². The van der Waals surface area contributed by atoms with E-state index in [1.54, 1.807) is 28.4 Å². The maximum atomic E-state index is 6.29. The molecule has 0 amide bonds. The van der Waals surface area contributed by atoms with Gasteiger partial charge in [-0.15, -0.1) is 11.3 Å². The van der Waals surface area contributed by atoms with E-state index in [1.165, 1.54) is 0 Å². The van der Waals surface area contributed by atoms with E-state index in [4.69, 9.17) is 10.7 Å². The number of thiophene rings is 1. The first kappa shape index (κ1) is 15.5. The summed E-state index contributed by atoms with van der Waals surface area (Å²) >= 11 is 1.59. The van der Waals surface area contributed by atoms with Gasteiger partial charge >= 0.3 is 0 Å². The summed E-state index contributed by atoms with van der Waals surface area (Å²) in [5.41, 5.74) is 7.21. The Kier molecular flexibility index (Phi) is 4.26. The minimum atomic E-state index is 0.509. The summed E-state index contributed by atoms with van der Waals surface area (Å²) in [4.78, 5) is 14.3. The molecule has 4 heterocycles. The summed E-state index contributed by atoms with van der Waals surface area (Å²) < 4.78 is 3.80. The van der Waals surface area contributed by atoms with E-state index in [9.17, 15) is 0 Å². The van der Waals surface area contributed by atoms with Crippen molar-refractivity contribution in [3.05, 3.63) is 60.3 Å². The molecule has 2 N–H and O–H groups in total. The molecule has 0 fully saturated rings. The maximum absolute atomic E-state index is 6.29. The number of hydrogen-bond acceptors (Lipinski definition) is 6. The Morgan fingerprint density at radius 1 is 1.12 bits per heavy atom. The number of hydrogen-bond donors (Lipinski definition) is 1. The molecule has 0 aliphatic heterocycles. The smallest absolute Gasteiger partial charge is 0.173 e. The van der Waals surface area contributed by atoms with Gasteiger partial charge in [0.25, 0.3) is 0 Å². The van der Waals surface area contributed by atoms with Gasteiger partial charge in [0.15, 0.2) is 11.6 Å². The van der Waals surface area contributed by atoms with Crippen LogP contribution in [0.5, 0.6) is 0 Å². The SMILES string of the molecule is Nc1nc(-c2cccs2)nc(-n2cccn2)c1CCCn1ccnc1. The normalized spacial score (nSPS) is 11.0. The third-order valence-electron chi connectivity index (χ3n) is 3.88. The number of anilines is 1. The summed E-state index contributed by atoms with van der Waals surface area (Å²) in [7, 11) is 0. The lowest BCUT2D eigenvalue weighted by Crippen LogP contribution is -2.11. The molecule has 4 aromatic rings. The lowest BCUT2D eigenvalue weighted by Gasteiger charge is -2.13. The van der Waals surface area contributed by atoms with Crippen LogP contribution in [0.1, 0.15) is 12.0 Å². The highest BCUT2D eigenvalue weighted by Crippen LogP contribution is 2.27. The van der Waals surface area contributed by atoms with Gasteiger partial charge in [0.2, 0.25) is 0 Å². The number of nitrogens with zero attached hydrogens (tertiary/aromatic N) is 6. The molecule has 0 bridgehead atoms. The first-order chi connectivity index (χ1) is 12.3. The Hall–Kier alpha value is -3.00. The number of aryl methyl sites for hydroxylation is 1. The van der Waals surface area contributed by atoms with Crippen molar-refractivity contribution in [3.63, 3.8) is 0 Å². The molecule has 7 nitrogen and oxygen atoms in total. The number of imidazole rings is 1. The second kappa shape index (κ2) is 6.86. The largest absolute Gasteiger partial charge is 0.383 e. The fourth-order valence-electron chi connectivity index (χ4n) is 2.69. The quantitative estimate of drug-likeness (QED) is 0.577. The van der Waals surface area contributed by atoms with Crippen molar-refractivity contribution in [2.75, 3.05) is 5.73 Å². The molecule has 0 aliphatic rings. The topological polar surface area (TPSA) is 87.4 Å². The zero-order valence-corrected chi connectivity index (χ0v) is 14.3. The number of aromatic nitrogens is 6. The van der Waals surface area contributed by atoms with Crippen LogP contribution in [0.2, 0.25) is 0 Å². The Bertz CT molecular complexity index is 928. The molecule has 25 heavy (non-hydrogen) atoms. The van der Waals surface area contributed by atoms with Gasteiger partial charge in [0, 0.05) is 36.9 Å². The van der Waals surface area contributed by atoms with Crippen molar-refractivity contribution in [1.82, 2.24) is 29.3 Å². The number of nitrogens with two attached hydrogens (primary N) is 1. The van der Waals surface area contributed by atoms with Crippen LogP contribution in [0.3, 0.4) is 0 Å². The second-order valence-corrected chi connectivity index (χ2v) is 6.51. The van der Waals surface area contributed by atoms with Crippen LogP contribution in [-0.2, 0) is 13.0 Å². The molecule has 4 aromatic heterocycles. The van der Waals surface area contributed by atoms with Gasteiger partial charge in [-0.2, -0.15) is 5.10 Å². The van der Waals surface area contributed by atoms with Gasteiger partial charge in [-0.1, -0.05) is 6.07 Å². The van der Waals surface area contributed by atoms with Crippen LogP contribution in [0, 0.1) is 0 Å². The number of nitrogen functional groups attached to an aromatic ring is 1. The average Bonchev–Trinajstić information content (AvgIpc) is 3.39. The first-order valence-electron chi connectivity index (χ1n) is 7.97.